The van der Waals surface area contributed by atoms with Crippen LogP contribution in [0.15, 0.2) is 29.7 Å². The van der Waals surface area contributed by atoms with Gasteiger partial charge in [-0.25, -0.2) is 0 Å². The van der Waals surface area contributed by atoms with Crippen molar-refractivity contribution in [2.45, 2.75) is 6.42 Å². The molecular formula is C9H14N4O. The molecule has 0 radical (unpaired) electrons. The summed E-state index contributed by atoms with van der Waals surface area (Å²) in [6, 6.07) is 3.82. The van der Waals surface area contributed by atoms with Gasteiger partial charge in [-0.05, 0) is 12.1 Å². The maximum Gasteiger partial charge on any atom is 0.140 e. The van der Waals surface area contributed by atoms with Gasteiger partial charge in [0.05, 0.1) is 0 Å². The van der Waals surface area contributed by atoms with Crippen molar-refractivity contribution in [2.24, 2.45) is 10.9 Å². The van der Waals surface area contributed by atoms with Gasteiger partial charge in [-0.3, -0.25) is 4.98 Å². The van der Waals surface area contributed by atoms with Crippen molar-refractivity contribution in [3.63, 3.8) is 0 Å². The number of nitrogens with zero attached hydrogens (tertiary/aromatic N) is 3. The summed E-state index contributed by atoms with van der Waals surface area (Å²) in [4.78, 5) is 5.94. The Balaban J connectivity index is 2.47. The van der Waals surface area contributed by atoms with Gasteiger partial charge in [0, 0.05) is 38.1 Å². The Morgan fingerprint density at radius 3 is 2.79 bits per heavy atom. The van der Waals surface area contributed by atoms with Crippen molar-refractivity contribution in [3.05, 3.63) is 24.5 Å². The molecule has 0 unspecified atom stereocenters. The number of pyridine rings is 1. The average molecular weight is 194 g/mol. The minimum absolute atomic E-state index is 0.242. The normalized spacial score (nSPS) is 11.4. The van der Waals surface area contributed by atoms with Crippen LogP contribution in [0.4, 0.5) is 5.69 Å². The van der Waals surface area contributed by atoms with E-state index >= 15 is 0 Å². The zero-order valence-corrected chi connectivity index (χ0v) is 8.09. The lowest BCUT2D eigenvalue weighted by atomic mass is 10.3. The van der Waals surface area contributed by atoms with E-state index in [1.807, 2.05) is 24.1 Å². The first kappa shape index (κ1) is 10.3. The monoisotopic (exact) mass is 194 g/mol. The number of aromatic nitrogens is 1. The Kier molecular flexibility index (Phi) is 3.72. The zero-order valence-electron chi connectivity index (χ0n) is 8.09. The van der Waals surface area contributed by atoms with Gasteiger partial charge in [-0.1, -0.05) is 5.16 Å². The standard InChI is InChI=1S/C9H14N4O/c1-13(7-4-9(10)12-14)8-2-5-11-6-3-8/h2-3,5-6,14H,4,7H2,1H3,(H2,10,12). The van der Waals surface area contributed by atoms with Gasteiger partial charge in [-0.15, -0.1) is 0 Å². The molecule has 0 atom stereocenters. The summed E-state index contributed by atoms with van der Waals surface area (Å²) in [6.07, 6.45) is 4.00. The zero-order chi connectivity index (χ0) is 10.4. The van der Waals surface area contributed by atoms with Crippen LogP contribution < -0.4 is 10.6 Å². The molecule has 0 aliphatic carbocycles. The highest BCUT2D eigenvalue weighted by Gasteiger charge is 2.00. The third-order valence-electron chi connectivity index (χ3n) is 1.94. The van der Waals surface area contributed by atoms with Crippen molar-refractivity contribution in [2.75, 3.05) is 18.5 Å². The van der Waals surface area contributed by atoms with Crippen LogP contribution in [-0.2, 0) is 0 Å². The van der Waals surface area contributed by atoms with Crippen molar-refractivity contribution >= 4 is 11.5 Å². The quantitative estimate of drug-likeness (QED) is 0.319. The molecule has 3 N–H and O–H groups in total. The number of hydrogen-bond donors (Lipinski definition) is 2. The first-order chi connectivity index (χ1) is 6.74. The van der Waals surface area contributed by atoms with E-state index in [0.717, 1.165) is 5.69 Å². The Morgan fingerprint density at radius 2 is 2.21 bits per heavy atom. The fourth-order valence-corrected chi connectivity index (χ4v) is 1.06. The lowest BCUT2D eigenvalue weighted by Crippen LogP contribution is -2.24. The van der Waals surface area contributed by atoms with Gasteiger partial charge in [0.2, 0.25) is 0 Å². The molecule has 0 aromatic carbocycles. The summed E-state index contributed by atoms with van der Waals surface area (Å²) >= 11 is 0. The molecule has 1 aromatic rings. The molecule has 0 aliphatic rings. The average Bonchev–Trinajstić information content (AvgIpc) is 2.26. The number of oxime groups is 1. The molecule has 1 aromatic heterocycles. The second kappa shape index (κ2) is 5.06. The van der Waals surface area contributed by atoms with Crippen molar-refractivity contribution in [1.82, 2.24) is 4.98 Å². The number of anilines is 1. The van der Waals surface area contributed by atoms with Crippen LogP contribution in [-0.4, -0.2) is 29.6 Å². The van der Waals surface area contributed by atoms with Crippen LogP contribution >= 0.6 is 0 Å². The highest BCUT2D eigenvalue weighted by molar-refractivity contribution is 5.80. The summed E-state index contributed by atoms with van der Waals surface area (Å²) in [5.41, 5.74) is 6.42. The predicted octanol–water partition coefficient (Wildman–Crippen LogP) is 0.654. The van der Waals surface area contributed by atoms with Crippen LogP contribution in [0.2, 0.25) is 0 Å². The van der Waals surface area contributed by atoms with Gasteiger partial charge >= 0.3 is 0 Å². The Hall–Kier alpha value is -1.78. The summed E-state index contributed by atoms with van der Waals surface area (Å²) in [5, 5.41) is 11.3. The van der Waals surface area contributed by atoms with E-state index in [4.69, 9.17) is 10.9 Å². The number of nitrogens with two attached hydrogens (primary N) is 1. The van der Waals surface area contributed by atoms with Crippen molar-refractivity contribution in [1.29, 1.82) is 0 Å². The molecule has 5 nitrogen and oxygen atoms in total. The van der Waals surface area contributed by atoms with Gasteiger partial charge in [0.1, 0.15) is 5.84 Å². The summed E-state index contributed by atoms with van der Waals surface area (Å²) in [7, 11) is 1.94. The van der Waals surface area contributed by atoms with E-state index in [-0.39, 0.29) is 5.84 Å². The fourth-order valence-electron chi connectivity index (χ4n) is 1.06. The van der Waals surface area contributed by atoms with E-state index < -0.39 is 0 Å². The summed E-state index contributed by atoms with van der Waals surface area (Å²) < 4.78 is 0. The van der Waals surface area contributed by atoms with Crippen molar-refractivity contribution in [3.8, 4) is 0 Å². The summed E-state index contributed by atoms with van der Waals surface area (Å²) in [6.45, 7) is 0.708. The van der Waals surface area contributed by atoms with Gasteiger partial charge < -0.3 is 15.8 Å². The summed E-state index contributed by atoms with van der Waals surface area (Å²) in [5.74, 6) is 0.242. The first-order valence-corrected chi connectivity index (χ1v) is 4.31. The molecule has 0 saturated heterocycles. The molecule has 0 saturated carbocycles. The molecule has 1 heterocycles. The first-order valence-electron chi connectivity index (χ1n) is 4.31. The fraction of sp³-hybridized carbons (Fsp3) is 0.333. The molecule has 0 fully saturated rings. The van der Waals surface area contributed by atoms with Gasteiger partial charge in [-0.2, -0.15) is 0 Å². The topological polar surface area (TPSA) is 74.7 Å². The number of hydrogen-bond acceptors (Lipinski definition) is 4. The van der Waals surface area contributed by atoms with Crippen LogP contribution in [0.5, 0.6) is 0 Å². The second-order valence-electron chi connectivity index (χ2n) is 2.97. The van der Waals surface area contributed by atoms with Gasteiger partial charge in [0.25, 0.3) is 0 Å². The van der Waals surface area contributed by atoms with Crippen LogP contribution in [0.1, 0.15) is 6.42 Å². The van der Waals surface area contributed by atoms with Crippen LogP contribution in [0.3, 0.4) is 0 Å². The molecule has 0 spiro atoms. The third-order valence-corrected chi connectivity index (χ3v) is 1.94. The highest BCUT2D eigenvalue weighted by Crippen LogP contribution is 2.09. The minimum atomic E-state index is 0.242. The van der Waals surface area contributed by atoms with E-state index in [0.29, 0.717) is 13.0 Å². The van der Waals surface area contributed by atoms with E-state index in [9.17, 15) is 0 Å². The largest absolute Gasteiger partial charge is 0.409 e. The lowest BCUT2D eigenvalue weighted by molar-refractivity contribution is 0.317. The molecule has 0 bridgehead atoms. The molecular weight excluding hydrogens is 180 g/mol. The molecule has 14 heavy (non-hydrogen) atoms. The molecule has 0 aliphatic heterocycles. The maximum atomic E-state index is 8.35. The Labute approximate surface area is 82.9 Å². The van der Waals surface area contributed by atoms with Crippen LogP contribution in [0.25, 0.3) is 0 Å². The second-order valence-corrected chi connectivity index (χ2v) is 2.97. The lowest BCUT2D eigenvalue weighted by Gasteiger charge is -2.18. The Bertz CT molecular complexity index is 299. The van der Waals surface area contributed by atoms with Crippen molar-refractivity contribution < 1.29 is 5.21 Å². The predicted molar refractivity (Wildman–Crippen MR) is 55.5 cm³/mol. The number of rotatable bonds is 4. The SMILES string of the molecule is CN(CC/C(N)=N/O)c1ccncc1. The van der Waals surface area contributed by atoms with Gasteiger partial charge in [0.15, 0.2) is 0 Å². The third kappa shape index (κ3) is 2.93. The minimum Gasteiger partial charge on any atom is -0.409 e. The molecule has 76 valence electrons. The maximum absolute atomic E-state index is 8.35. The molecule has 0 amide bonds. The van der Waals surface area contributed by atoms with E-state index in [1.54, 1.807) is 12.4 Å². The van der Waals surface area contributed by atoms with E-state index in [2.05, 4.69) is 10.1 Å². The highest BCUT2D eigenvalue weighted by atomic mass is 16.4. The van der Waals surface area contributed by atoms with Crippen LogP contribution in [0, 0.1) is 0 Å². The smallest absolute Gasteiger partial charge is 0.140 e. The Morgan fingerprint density at radius 1 is 1.57 bits per heavy atom. The number of amidine groups is 1. The molecule has 1 rings (SSSR count). The molecule has 5 heteroatoms. The van der Waals surface area contributed by atoms with E-state index in [1.165, 1.54) is 0 Å².